The Morgan fingerprint density at radius 1 is 1.00 bits per heavy atom. The van der Waals surface area contributed by atoms with Gasteiger partial charge in [-0.3, -0.25) is 9.59 Å². The average molecular weight is 421 g/mol. The molecule has 0 aliphatic heterocycles. The van der Waals surface area contributed by atoms with E-state index in [1.807, 2.05) is 6.07 Å². The van der Waals surface area contributed by atoms with Gasteiger partial charge in [0, 0.05) is 12.7 Å². The fraction of sp³-hybridized carbons (Fsp3) is 0.300. The molecule has 0 heterocycles. The predicted molar refractivity (Wildman–Crippen MR) is 107 cm³/mol. The summed E-state index contributed by atoms with van der Waals surface area (Å²) in [6.45, 7) is -0.511. The van der Waals surface area contributed by atoms with Crippen molar-refractivity contribution in [2.24, 2.45) is 0 Å². The number of benzene rings is 2. The quantitative estimate of drug-likeness (QED) is 0.619. The van der Waals surface area contributed by atoms with E-state index in [1.165, 1.54) is 26.4 Å². The maximum absolute atomic E-state index is 12.0. The molecule has 9 heteroatoms. The van der Waals surface area contributed by atoms with Crippen LogP contribution in [0.15, 0.2) is 47.4 Å². The van der Waals surface area contributed by atoms with Gasteiger partial charge < -0.3 is 19.5 Å². The molecule has 0 atom stereocenters. The highest BCUT2D eigenvalue weighted by Crippen LogP contribution is 2.28. The van der Waals surface area contributed by atoms with E-state index in [0.717, 1.165) is 11.8 Å². The van der Waals surface area contributed by atoms with Crippen LogP contribution in [0.5, 0.6) is 11.5 Å². The summed E-state index contributed by atoms with van der Waals surface area (Å²) in [6.07, 6.45) is 1.52. The Morgan fingerprint density at radius 2 is 1.69 bits per heavy atom. The highest BCUT2D eigenvalue weighted by Gasteiger charge is 2.15. The van der Waals surface area contributed by atoms with Crippen molar-refractivity contribution in [3.63, 3.8) is 0 Å². The molecule has 8 nitrogen and oxygen atoms in total. The molecule has 2 rings (SSSR count). The summed E-state index contributed by atoms with van der Waals surface area (Å²) in [5.41, 5.74) is 0.993. The molecule has 156 valence electrons. The topological polar surface area (TPSA) is 108 Å². The number of hydrogen-bond donors (Lipinski definition) is 1. The molecule has 0 unspecified atom stereocenters. The van der Waals surface area contributed by atoms with Gasteiger partial charge in [-0.2, -0.15) is 0 Å². The number of carbonyl (C=O) groups excluding carboxylic acids is 2. The lowest BCUT2D eigenvalue weighted by Crippen LogP contribution is -2.22. The number of amides is 1. The van der Waals surface area contributed by atoms with Gasteiger partial charge in [0.25, 0.3) is 5.91 Å². The van der Waals surface area contributed by atoms with Crippen LogP contribution < -0.4 is 14.8 Å². The van der Waals surface area contributed by atoms with Gasteiger partial charge in [0.05, 0.1) is 24.8 Å². The van der Waals surface area contributed by atoms with E-state index in [1.54, 1.807) is 24.3 Å². The summed E-state index contributed by atoms with van der Waals surface area (Å²) in [4.78, 5) is 23.9. The fourth-order valence-corrected chi connectivity index (χ4v) is 3.42. The lowest BCUT2D eigenvalue weighted by atomic mass is 10.1. The molecule has 2 aromatic carbocycles. The number of ether oxygens (including phenoxy) is 3. The smallest absolute Gasteiger partial charge is 0.306 e. The number of carbonyl (C=O) groups is 2. The number of anilines is 1. The molecule has 0 aliphatic carbocycles. The summed E-state index contributed by atoms with van der Waals surface area (Å²) in [5.74, 6) is -0.0286. The van der Waals surface area contributed by atoms with Crippen molar-refractivity contribution in [3.05, 3.63) is 48.0 Å². The molecule has 0 fully saturated rings. The molecular formula is C20H23NO7S. The second-order valence-electron chi connectivity index (χ2n) is 6.17. The first-order chi connectivity index (χ1) is 13.7. The lowest BCUT2D eigenvalue weighted by Gasteiger charge is -2.11. The summed E-state index contributed by atoms with van der Waals surface area (Å²) in [7, 11) is -0.442. The fourth-order valence-electron chi connectivity index (χ4n) is 2.58. The van der Waals surface area contributed by atoms with Crippen molar-refractivity contribution in [2.75, 3.05) is 32.4 Å². The molecule has 0 saturated carbocycles. The predicted octanol–water partition coefficient (Wildman–Crippen LogP) is 2.22. The minimum Gasteiger partial charge on any atom is -0.493 e. The van der Waals surface area contributed by atoms with E-state index in [2.05, 4.69) is 5.32 Å². The number of hydrogen-bond acceptors (Lipinski definition) is 7. The van der Waals surface area contributed by atoms with Crippen LogP contribution in [-0.2, 0) is 30.6 Å². The SMILES string of the molecule is COc1ccc(CCC(=O)OCC(=O)Nc2ccccc2S(C)(=O)=O)cc1OC. The van der Waals surface area contributed by atoms with Crippen LogP contribution in [-0.4, -0.2) is 47.4 Å². The van der Waals surface area contributed by atoms with Crippen LogP contribution in [0.2, 0.25) is 0 Å². The molecule has 0 spiro atoms. The molecular weight excluding hydrogens is 398 g/mol. The second-order valence-corrected chi connectivity index (χ2v) is 8.15. The van der Waals surface area contributed by atoms with E-state index < -0.39 is 28.3 Å². The third-order valence-electron chi connectivity index (χ3n) is 3.99. The van der Waals surface area contributed by atoms with Gasteiger partial charge in [0.2, 0.25) is 0 Å². The van der Waals surface area contributed by atoms with Crippen LogP contribution in [0.3, 0.4) is 0 Å². The number of para-hydroxylation sites is 1. The Balaban J connectivity index is 1.86. The largest absolute Gasteiger partial charge is 0.493 e. The van der Waals surface area contributed by atoms with Crippen LogP contribution >= 0.6 is 0 Å². The Labute approximate surface area is 169 Å². The van der Waals surface area contributed by atoms with Gasteiger partial charge in [-0.05, 0) is 36.2 Å². The summed E-state index contributed by atoms with van der Waals surface area (Å²) in [6, 6.07) is 11.3. The average Bonchev–Trinajstić information content (AvgIpc) is 2.70. The van der Waals surface area contributed by atoms with Crippen molar-refractivity contribution in [1.82, 2.24) is 0 Å². The second kappa shape index (κ2) is 9.92. The van der Waals surface area contributed by atoms with Crippen molar-refractivity contribution in [1.29, 1.82) is 0 Å². The van der Waals surface area contributed by atoms with Crippen molar-refractivity contribution in [2.45, 2.75) is 17.7 Å². The van der Waals surface area contributed by atoms with Crippen molar-refractivity contribution >= 4 is 27.4 Å². The van der Waals surface area contributed by atoms with Crippen LogP contribution in [0.4, 0.5) is 5.69 Å². The highest BCUT2D eigenvalue weighted by molar-refractivity contribution is 7.90. The standard InChI is InChI=1S/C20H23NO7S/c1-26-16-10-8-14(12-17(16)27-2)9-11-20(23)28-13-19(22)21-15-6-4-5-7-18(15)29(3,24)25/h4-8,10,12H,9,11,13H2,1-3H3,(H,21,22). The molecule has 0 aromatic heterocycles. The van der Waals surface area contributed by atoms with Gasteiger partial charge >= 0.3 is 5.97 Å². The van der Waals surface area contributed by atoms with Gasteiger partial charge in [-0.15, -0.1) is 0 Å². The van der Waals surface area contributed by atoms with E-state index in [0.29, 0.717) is 17.9 Å². The van der Waals surface area contributed by atoms with Crippen LogP contribution in [0, 0.1) is 0 Å². The lowest BCUT2D eigenvalue weighted by molar-refractivity contribution is -0.147. The first-order valence-corrected chi connectivity index (χ1v) is 10.6. The molecule has 1 N–H and O–H groups in total. The Bertz CT molecular complexity index is 986. The minimum atomic E-state index is -3.50. The van der Waals surface area contributed by atoms with E-state index >= 15 is 0 Å². The number of sulfone groups is 1. The number of aryl methyl sites for hydroxylation is 1. The number of esters is 1. The van der Waals surface area contributed by atoms with Gasteiger partial charge in [0.15, 0.2) is 27.9 Å². The highest BCUT2D eigenvalue weighted by atomic mass is 32.2. The van der Waals surface area contributed by atoms with Gasteiger partial charge in [0.1, 0.15) is 0 Å². The summed E-state index contributed by atoms with van der Waals surface area (Å²) < 4.78 is 38.9. The zero-order valence-electron chi connectivity index (χ0n) is 16.4. The van der Waals surface area contributed by atoms with Gasteiger partial charge in [-0.25, -0.2) is 8.42 Å². The van der Waals surface area contributed by atoms with Crippen molar-refractivity contribution in [3.8, 4) is 11.5 Å². The maximum Gasteiger partial charge on any atom is 0.306 e. The maximum atomic E-state index is 12.0. The molecule has 0 aliphatic rings. The molecule has 29 heavy (non-hydrogen) atoms. The Hall–Kier alpha value is -3.07. The Kier molecular flexibility index (Phi) is 7.60. The van der Waals surface area contributed by atoms with Crippen LogP contribution in [0.1, 0.15) is 12.0 Å². The molecule has 2 aromatic rings. The number of nitrogens with one attached hydrogen (secondary N) is 1. The normalized spacial score (nSPS) is 10.9. The van der Waals surface area contributed by atoms with E-state index in [9.17, 15) is 18.0 Å². The summed E-state index contributed by atoms with van der Waals surface area (Å²) >= 11 is 0. The third-order valence-corrected chi connectivity index (χ3v) is 5.15. The van der Waals surface area contributed by atoms with E-state index in [-0.39, 0.29) is 17.0 Å². The molecule has 0 bridgehead atoms. The first kappa shape index (κ1) is 22.2. The number of rotatable bonds is 9. The monoisotopic (exact) mass is 421 g/mol. The molecule has 0 radical (unpaired) electrons. The molecule has 1 amide bonds. The van der Waals surface area contributed by atoms with Crippen LogP contribution in [0.25, 0.3) is 0 Å². The third kappa shape index (κ3) is 6.49. The summed E-state index contributed by atoms with van der Waals surface area (Å²) in [5, 5.41) is 2.45. The zero-order valence-corrected chi connectivity index (χ0v) is 17.2. The zero-order chi connectivity index (χ0) is 21.4. The first-order valence-electron chi connectivity index (χ1n) is 8.70. The van der Waals surface area contributed by atoms with Crippen molar-refractivity contribution < 1.29 is 32.2 Å². The molecule has 0 saturated heterocycles. The number of methoxy groups -OCH3 is 2. The van der Waals surface area contributed by atoms with E-state index in [4.69, 9.17) is 14.2 Å². The van der Waals surface area contributed by atoms with Gasteiger partial charge in [-0.1, -0.05) is 18.2 Å². The minimum absolute atomic E-state index is 0.00636. The Morgan fingerprint density at radius 3 is 2.34 bits per heavy atom.